The van der Waals surface area contributed by atoms with Crippen LogP contribution in [-0.4, -0.2) is 40.1 Å². The van der Waals surface area contributed by atoms with Crippen LogP contribution >= 0.6 is 0 Å². The molecule has 2 aromatic carbocycles. The Labute approximate surface area is 195 Å². The first-order chi connectivity index (χ1) is 15.9. The lowest BCUT2D eigenvalue weighted by molar-refractivity contribution is -0.225. The maximum absolute atomic E-state index is 11.6. The minimum atomic E-state index is -0.966. The highest BCUT2D eigenvalue weighted by atomic mass is 16.7. The van der Waals surface area contributed by atoms with E-state index in [0.29, 0.717) is 24.4 Å². The van der Waals surface area contributed by atoms with Crippen LogP contribution in [0.25, 0.3) is 11.1 Å². The maximum Gasteiger partial charge on any atom is 0.336 e. The van der Waals surface area contributed by atoms with E-state index >= 15 is 0 Å². The molecule has 0 aliphatic heterocycles. The first kappa shape index (κ1) is 24.6. The Hall–Kier alpha value is -3.03. The van der Waals surface area contributed by atoms with Crippen molar-refractivity contribution in [3.8, 4) is 11.1 Å². The molecule has 1 heterocycles. The molecule has 0 bridgehead atoms. The molecule has 0 amide bonds. The van der Waals surface area contributed by atoms with Gasteiger partial charge in [-0.2, -0.15) is 0 Å². The van der Waals surface area contributed by atoms with Gasteiger partial charge in [-0.15, -0.1) is 5.10 Å². The fraction of sp³-hybridized carbons (Fsp3) is 0.423. The molecule has 0 saturated carbocycles. The smallest absolute Gasteiger partial charge is 0.336 e. The SMILES string of the molecule is CCCC(OC)(OC)c1nc(C(C)CC)n(Cc2ccc(-c3ccccc3C(=O)O)cc2)n1. The van der Waals surface area contributed by atoms with Crippen molar-refractivity contribution in [3.63, 3.8) is 0 Å². The quantitative estimate of drug-likeness (QED) is 0.390. The number of aromatic nitrogens is 3. The van der Waals surface area contributed by atoms with Crippen molar-refractivity contribution in [1.82, 2.24) is 14.8 Å². The normalized spacial score (nSPS) is 12.6. The summed E-state index contributed by atoms with van der Waals surface area (Å²) in [6, 6.07) is 14.9. The van der Waals surface area contributed by atoms with Gasteiger partial charge in [-0.1, -0.05) is 69.7 Å². The number of carboxylic acid groups (broad SMARTS) is 1. The summed E-state index contributed by atoms with van der Waals surface area (Å²) in [4.78, 5) is 16.4. The average molecular weight is 452 g/mol. The molecule has 0 aliphatic rings. The van der Waals surface area contributed by atoms with Crippen molar-refractivity contribution in [1.29, 1.82) is 0 Å². The lowest BCUT2D eigenvalue weighted by Gasteiger charge is -2.27. The molecule has 7 nitrogen and oxygen atoms in total. The molecule has 0 aliphatic carbocycles. The van der Waals surface area contributed by atoms with Gasteiger partial charge in [-0.3, -0.25) is 0 Å². The van der Waals surface area contributed by atoms with Crippen molar-refractivity contribution >= 4 is 5.97 Å². The van der Waals surface area contributed by atoms with Gasteiger partial charge in [0, 0.05) is 26.6 Å². The van der Waals surface area contributed by atoms with Crippen LogP contribution in [0.5, 0.6) is 0 Å². The zero-order valence-corrected chi connectivity index (χ0v) is 20.0. The van der Waals surface area contributed by atoms with E-state index < -0.39 is 11.8 Å². The molecule has 1 N–H and O–H groups in total. The second kappa shape index (κ2) is 10.7. The molecule has 3 aromatic rings. The largest absolute Gasteiger partial charge is 0.478 e. The Morgan fingerprint density at radius 1 is 1.09 bits per heavy atom. The van der Waals surface area contributed by atoms with Crippen molar-refractivity contribution in [2.24, 2.45) is 0 Å². The Kier molecular flexibility index (Phi) is 8.00. The molecule has 0 fully saturated rings. The number of ether oxygens (including phenoxy) is 2. The molecule has 1 atom stereocenters. The van der Waals surface area contributed by atoms with Crippen molar-refractivity contribution in [3.05, 3.63) is 71.3 Å². The number of hydrogen-bond donors (Lipinski definition) is 1. The van der Waals surface area contributed by atoms with Crippen LogP contribution < -0.4 is 0 Å². The van der Waals surface area contributed by atoms with E-state index in [2.05, 4.69) is 20.8 Å². The third-order valence-electron chi connectivity index (χ3n) is 6.09. The maximum atomic E-state index is 11.6. The second-order valence-corrected chi connectivity index (χ2v) is 8.22. The lowest BCUT2D eigenvalue weighted by atomic mass is 9.99. The standard InChI is InChI=1S/C26H33N3O4/c1-6-16-26(32-4,33-5)25-27-23(18(3)7-2)29(28-25)17-19-12-14-20(15-13-19)21-10-8-9-11-22(21)24(30)31/h8-15,18H,6-7,16-17H2,1-5H3,(H,30,31). The van der Waals surface area contributed by atoms with Gasteiger partial charge in [-0.05, 0) is 29.2 Å². The molecule has 176 valence electrons. The molecule has 0 saturated heterocycles. The summed E-state index contributed by atoms with van der Waals surface area (Å²) in [5, 5.41) is 14.3. The molecule has 1 aromatic heterocycles. The van der Waals surface area contributed by atoms with E-state index in [9.17, 15) is 9.90 Å². The summed E-state index contributed by atoms with van der Waals surface area (Å²) in [6.45, 7) is 6.88. The third kappa shape index (κ3) is 5.15. The van der Waals surface area contributed by atoms with Crippen molar-refractivity contribution in [2.75, 3.05) is 14.2 Å². The molecule has 33 heavy (non-hydrogen) atoms. The van der Waals surface area contributed by atoms with Gasteiger partial charge < -0.3 is 14.6 Å². The van der Waals surface area contributed by atoms with Gasteiger partial charge in [-0.25, -0.2) is 14.5 Å². The lowest BCUT2D eigenvalue weighted by Crippen LogP contribution is -2.32. The van der Waals surface area contributed by atoms with Gasteiger partial charge in [0.15, 0.2) is 0 Å². The Bertz CT molecular complexity index is 1070. The van der Waals surface area contributed by atoms with Crippen LogP contribution in [0.15, 0.2) is 48.5 Å². The molecule has 7 heteroatoms. The number of hydrogen-bond acceptors (Lipinski definition) is 5. The number of benzene rings is 2. The number of aromatic carboxylic acids is 1. The molecular weight excluding hydrogens is 418 g/mol. The number of rotatable bonds is 11. The summed E-state index contributed by atoms with van der Waals surface area (Å²) < 4.78 is 13.4. The Morgan fingerprint density at radius 2 is 1.76 bits per heavy atom. The van der Waals surface area contributed by atoms with Crippen molar-refractivity contribution in [2.45, 2.75) is 58.3 Å². The van der Waals surface area contributed by atoms with Crippen LogP contribution in [0.1, 0.15) is 73.5 Å². The van der Waals surface area contributed by atoms with E-state index in [1.807, 2.05) is 41.1 Å². The van der Waals surface area contributed by atoms with Crippen LogP contribution in [0.2, 0.25) is 0 Å². The van der Waals surface area contributed by atoms with E-state index in [0.717, 1.165) is 29.8 Å². The van der Waals surface area contributed by atoms with Crippen molar-refractivity contribution < 1.29 is 19.4 Å². The molecule has 3 rings (SSSR count). The monoisotopic (exact) mass is 451 g/mol. The minimum absolute atomic E-state index is 0.223. The first-order valence-corrected chi connectivity index (χ1v) is 11.4. The highest BCUT2D eigenvalue weighted by Crippen LogP contribution is 2.31. The highest BCUT2D eigenvalue weighted by molar-refractivity contribution is 5.95. The van der Waals surface area contributed by atoms with Gasteiger partial charge in [0.2, 0.25) is 11.6 Å². The topological polar surface area (TPSA) is 86.5 Å². The fourth-order valence-electron chi connectivity index (χ4n) is 3.97. The van der Waals surface area contributed by atoms with Gasteiger partial charge in [0.05, 0.1) is 12.1 Å². The molecule has 1 unspecified atom stereocenters. The Morgan fingerprint density at radius 3 is 2.33 bits per heavy atom. The summed E-state index contributed by atoms with van der Waals surface area (Å²) in [5.41, 5.74) is 2.89. The van der Waals surface area contributed by atoms with E-state index in [4.69, 9.17) is 19.6 Å². The second-order valence-electron chi connectivity index (χ2n) is 8.22. The van der Waals surface area contributed by atoms with Crippen LogP contribution in [0, 0.1) is 0 Å². The summed E-state index contributed by atoms with van der Waals surface area (Å²) in [7, 11) is 3.24. The van der Waals surface area contributed by atoms with E-state index in [1.165, 1.54) is 0 Å². The Balaban J connectivity index is 1.94. The van der Waals surface area contributed by atoms with E-state index in [1.54, 1.807) is 26.4 Å². The van der Waals surface area contributed by atoms with Crippen LogP contribution in [-0.2, 0) is 21.8 Å². The van der Waals surface area contributed by atoms with Gasteiger partial charge in [0.25, 0.3) is 0 Å². The average Bonchev–Trinajstić information content (AvgIpc) is 3.26. The fourth-order valence-corrected chi connectivity index (χ4v) is 3.97. The third-order valence-corrected chi connectivity index (χ3v) is 6.09. The first-order valence-electron chi connectivity index (χ1n) is 11.4. The number of carbonyl (C=O) groups is 1. The number of methoxy groups -OCH3 is 2. The molecule has 0 spiro atoms. The number of nitrogens with zero attached hydrogens (tertiary/aromatic N) is 3. The van der Waals surface area contributed by atoms with Crippen LogP contribution in [0.3, 0.4) is 0 Å². The zero-order valence-electron chi connectivity index (χ0n) is 20.0. The predicted molar refractivity (Wildman–Crippen MR) is 127 cm³/mol. The summed E-state index contributed by atoms with van der Waals surface area (Å²) >= 11 is 0. The zero-order chi connectivity index (χ0) is 24.0. The molecular formula is C26H33N3O4. The number of carboxylic acids is 1. The summed E-state index contributed by atoms with van der Waals surface area (Å²) in [6.07, 6.45) is 2.46. The van der Waals surface area contributed by atoms with Gasteiger partial charge >= 0.3 is 5.97 Å². The molecule has 0 radical (unpaired) electrons. The predicted octanol–water partition coefficient (Wildman–Crippen LogP) is 5.45. The summed E-state index contributed by atoms with van der Waals surface area (Å²) in [5.74, 6) is -0.248. The van der Waals surface area contributed by atoms with E-state index in [-0.39, 0.29) is 11.5 Å². The van der Waals surface area contributed by atoms with Gasteiger partial charge in [0.1, 0.15) is 5.82 Å². The van der Waals surface area contributed by atoms with Crippen LogP contribution in [0.4, 0.5) is 0 Å². The minimum Gasteiger partial charge on any atom is -0.478 e. The highest BCUT2D eigenvalue weighted by Gasteiger charge is 2.37.